The van der Waals surface area contributed by atoms with E-state index in [0.29, 0.717) is 22.2 Å². The van der Waals surface area contributed by atoms with Crippen LogP contribution in [0.1, 0.15) is 36.5 Å². The van der Waals surface area contributed by atoms with Gasteiger partial charge in [-0.1, -0.05) is 18.5 Å². The van der Waals surface area contributed by atoms with E-state index in [2.05, 4.69) is 12.2 Å². The van der Waals surface area contributed by atoms with Gasteiger partial charge in [0.05, 0.1) is 10.6 Å². The van der Waals surface area contributed by atoms with Crippen molar-refractivity contribution in [2.75, 3.05) is 5.73 Å². The Morgan fingerprint density at radius 1 is 1.47 bits per heavy atom. The van der Waals surface area contributed by atoms with Gasteiger partial charge >= 0.3 is 0 Å². The Bertz CT molecular complexity index is 433. The SMILES string of the molecule is CC1CCC(NC(=O)c2cc(N)ccc2Cl)C1. The minimum absolute atomic E-state index is 0.124. The topological polar surface area (TPSA) is 55.1 Å². The number of carbonyl (C=O) groups excluding carboxylic acids is 1. The Balaban J connectivity index is 2.06. The molecule has 1 aliphatic rings. The number of hydrogen-bond acceptors (Lipinski definition) is 2. The molecule has 0 spiro atoms. The second-order valence-electron chi connectivity index (χ2n) is 4.83. The third kappa shape index (κ3) is 2.91. The number of nitrogen functional groups attached to an aromatic ring is 1. The van der Waals surface area contributed by atoms with Crippen LogP contribution in [0.15, 0.2) is 18.2 Å². The van der Waals surface area contributed by atoms with E-state index in [1.807, 2.05) is 0 Å². The first kappa shape index (κ1) is 12.2. The van der Waals surface area contributed by atoms with Crippen molar-refractivity contribution in [3.05, 3.63) is 28.8 Å². The minimum Gasteiger partial charge on any atom is -0.399 e. The Hall–Kier alpha value is -1.22. The summed E-state index contributed by atoms with van der Waals surface area (Å²) in [5.41, 5.74) is 6.68. The maximum Gasteiger partial charge on any atom is 0.253 e. The minimum atomic E-state index is -0.124. The highest BCUT2D eigenvalue weighted by molar-refractivity contribution is 6.34. The zero-order valence-corrected chi connectivity index (χ0v) is 10.6. The van der Waals surface area contributed by atoms with Crippen LogP contribution in [0.5, 0.6) is 0 Å². The van der Waals surface area contributed by atoms with Gasteiger partial charge in [0.25, 0.3) is 5.91 Å². The largest absolute Gasteiger partial charge is 0.399 e. The molecular weight excluding hydrogens is 236 g/mol. The molecule has 0 heterocycles. The molecule has 17 heavy (non-hydrogen) atoms. The first-order valence-electron chi connectivity index (χ1n) is 5.92. The van der Waals surface area contributed by atoms with E-state index >= 15 is 0 Å². The lowest BCUT2D eigenvalue weighted by Gasteiger charge is -2.13. The molecule has 3 N–H and O–H groups in total. The monoisotopic (exact) mass is 252 g/mol. The quantitative estimate of drug-likeness (QED) is 0.796. The first-order chi connectivity index (χ1) is 8.06. The van der Waals surface area contributed by atoms with E-state index in [1.54, 1.807) is 18.2 Å². The molecule has 2 atom stereocenters. The zero-order valence-electron chi connectivity index (χ0n) is 9.87. The Kier molecular flexibility index (Phi) is 3.57. The van der Waals surface area contributed by atoms with Gasteiger partial charge in [0.15, 0.2) is 0 Å². The average molecular weight is 253 g/mol. The van der Waals surface area contributed by atoms with Crippen molar-refractivity contribution in [3.63, 3.8) is 0 Å². The molecule has 0 bridgehead atoms. The third-order valence-electron chi connectivity index (χ3n) is 3.27. The van der Waals surface area contributed by atoms with Crippen LogP contribution in [0.25, 0.3) is 0 Å². The summed E-state index contributed by atoms with van der Waals surface area (Å²) in [5, 5.41) is 3.46. The van der Waals surface area contributed by atoms with Crippen LogP contribution in [-0.2, 0) is 0 Å². The fourth-order valence-electron chi connectivity index (χ4n) is 2.32. The van der Waals surface area contributed by atoms with Crippen molar-refractivity contribution < 1.29 is 4.79 Å². The van der Waals surface area contributed by atoms with Crippen molar-refractivity contribution in [2.45, 2.75) is 32.2 Å². The Morgan fingerprint density at radius 3 is 2.88 bits per heavy atom. The maximum absolute atomic E-state index is 12.0. The van der Waals surface area contributed by atoms with Gasteiger partial charge in [-0.2, -0.15) is 0 Å². The normalized spacial score (nSPS) is 23.6. The smallest absolute Gasteiger partial charge is 0.253 e. The van der Waals surface area contributed by atoms with Crippen molar-refractivity contribution >= 4 is 23.2 Å². The molecule has 3 nitrogen and oxygen atoms in total. The summed E-state index contributed by atoms with van der Waals surface area (Å²) in [4.78, 5) is 12.0. The standard InChI is InChI=1S/C13H17ClN2O/c1-8-2-4-10(6-8)16-13(17)11-7-9(15)3-5-12(11)14/h3,5,7-8,10H,2,4,6,15H2,1H3,(H,16,17). The molecule has 2 unspecified atom stereocenters. The summed E-state index contributed by atoms with van der Waals surface area (Å²) < 4.78 is 0. The van der Waals surface area contributed by atoms with Crippen molar-refractivity contribution in [3.8, 4) is 0 Å². The molecule has 1 aromatic rings. The van der Waals surface area contributed by atoms with Gasteiger partial charge in [-0.05, 0) is 43.4 Å². The van der Waals surface area contributed by atoms with Crippen molar-refractivity contribution in [2.24, 2.45) is 5.92 Å². The Morgan fingerprint density at radius 2 is 2.24 bits per heavy atom. The van der Waals surface area contributed by atoms with Crippen molar-refractivity contribution in [1.82, 2.24) is 5.32 Å². The van der Waals surface area contributed by atoms with Gasteiger partial charge in [0.1, 0.15) is 0 Å². The summed E-state index contributed by atoms with van der Waals surface area (Å²) in [6.07, 6.45) is 3.27. The summed E-state index contributed by atoms with van der Waals surface area (Å²) >= 11 is 5.99. The molecule has 92 valence electrons. The molecule has 0 radical (unpaired) electrons. The van der Waals surface area contributed by atoms with Gasteiger partial charge in [0, 0.05) is 11.7 Å². The van der Waals surface area contributed by atoms with Crippen LogP contribution in [0, 0.1) is 5.92 Å². The third-order valence-corrected chi connectivity index (χ3v) is 3.59. The first-order valence-corrected chi connectivity index (χ1v) is 6.30. The fraction of sp³-hybridized carbons (Fsp3) is 0.462. The van der Waals surface area contributed by atoms with Crippen LogP contribution in [0.2, 0.25) is 5.02 Å². The molecule has 1 amide bonds. The Labute approximate surface area is 106 Å². The highest BCUT2D eigenvalue weighted by Gasteiger charge is 2.23. The van der Waals surface area contributed by atoms with Crippen LogP contribution in [0.3, 0.4) is 0 Å². The lowest BCUT2D eigenvalue weighted by molar-refractivity contribution is 0.0937. The van der Waals surface area contributed by atoms with Gasteiger partial charge in [0.2, 0.25) is 0 Å². The molecule has 0 aromatic heterocycles. The van der Waals surface area contributed by atoms with E-state index in [1.165, 1.54) is 6.42 Å². The molecular formula is C13H17ClN2O. The second kappa shape index (κ2) is 4.96. The lowest BCUT2D eigenvalue weighted by Crippen LogP contribution is -2.33. The number of rotatable bonds is 2. The molecule has 1 saturated carbocycles. The molecule has 0 aliphatic heterocycles. The van der Waals surface area contributed by atoms with Crippen LogP contribution in [0.4, 0.5) is 5.69 Å². The number of nitrogens with two attached hydrogens (primary N) is 1. The molecule has 0 saturated heterocycles. The molecule has 1 aliphatic carbocycles. The summed E-state index contributed by atoms with van der Waals surface area (Å²) in [6.45, 7) is 2.21. The highest BCUT2D eigenvalue weighted by Crippen LogP contribution is 2.25. The van der Waals surface area contributed by atoms with Crippen LogP contribution >= 0.6 is 11.6 Å². The van der Waals surface area contributed by atoms with E-state index in [4.69, 9.17) is 17.3 Å². The van der Waals surface area contributed by atoms with E-state index in [9.17, 15) is 4.79 Å². The van der Waals surface area contributed by atoms with Crippen LogP contribution in [-0.4, -0.2) is 11.9 Å². The number of hydrogen-bond donors (Lipinski definition) is 2. The van der Waals surface area contributed by atoms with Gasteiger partial charge in [-0.3, -0.25) is 4.79 Å². The summed E-state index contributed by atoms with van der Waals surface area (Å²) in [7, 11) is 0. The van der Waals surface area contributed by atoms with E-state index in [0.717, 1.165) is 12.8 Å². The predicted molar refractivity (Wildman–Crippen MR) is 70.1 cm³/mol. The second-order valence-corrected chi connectivity index (χ2v) is 5.24. The van der Waals surface area contributed by atoms with Crippen molar-refractivity contribution in [1.29, 1.82) is 0 Å². The molecule has 1 aromatic carbocycles. The predicted octanol–water partition coefficient (Wildman–Crippen LogP) is 2.84. The van der Waals surface area contributed by atoms with Gasteiger partial charge in [-0.15, -0.1) is 0 Å². The lowest BCUT2D eigenvalue weighted by atomic mass is 10.1. The maximum atomic E-state index is 12.0. The zero-order chi connectivity index (χ0) is 12.4. The van der Waals surface area contributed by atoms with Crippen LogP contribution < -0.4 is 11.1 Å². The number of carbonyl (C=O) groups is 1. The number of nitrogens with one attached hydrogen (secondary N) is 1. The summed E-state index contributed by atoms with van der Waals surface area (Å²) in [6, 6.07) is 5.24. The number of anilines is 1. The molecule has 4 heteroatoms. The molecule has 1 fully saturated rings. The van der Waals surface area contributed by atoms with E-state index in [-0.39, 0.29) is 11.9 Å². The highest BCUT2D eigenvalue weighted by atomic mass is 35.5. The fourth-order valence-corrected chi connectivity index (χ4v) is 2.52. The van der Waals surface area contributed by atoms with Gasteiger partial charge in [-0.25, -0.2) is 0 Å². The average Bonchev–Trinajstić information content (AvgIpc) is 2.67. The summed E-state index contributed by atoms with van der Waals surface area (Å²) in [5.74, 6) is 0.568. The molecule has 2 rings (SSSR count). The van der Waals surface area contributed by atoms with E-state index < -0.39 is 0 Å². The van der Waals surface area contributed by atoms with Gasteiger partial charge < -0.3 is 11.1 Å². The number of amides is 1. The number of benzene rings is 1. The number of halogens is 1.